The summed E-state index contributed by atoms with van der Waals surface area (Å²) in [7, 11) is 0. The van der Waals surface area contributed by atoms with Crippen LogP contribution >= 0.6 is 11.3 Å². The number of aryl methyl sites for hydroxylation is 2. The zero-order chi connectivity index (χ0) is 18.5. The van der Waals surface area contributed by atoms with Gasteiger partial charge < -0.3 is 9.72 Å². The average Bonchev–Trinajstić information content (AvgIpc) is 3.26. The van der Waals surface area contributed by atoms with Gasteiger partial charge in [0.05, 0.1) is 21.8 Å². The van der Waals surface area contributed by atoms with Gasteiger partial charge in [-0.3, -0.25) is 0 Å². The van der Waals surface area contributed by atoms with Gasteiger partial charge in [-0.05, 0) is 44.5 Å². The maximum absolute atomic E-state index is 14.8. The molecule has 0 saturated heterocycles. The van der Waals surface area contributed by atoms with Crippen molar-refractivity contribution in [2.24, 2.45) is 0 Å². The van der Waals surface area contributed by atoms with E-state index in [4.69, 9.17) is 0 Å². The highest BCUT2D eigenvalue weighted by Crippen LogP contribution is 2.34. The lowest BCUT2D eigenvalue weighted by Gasteiger charge is -2.10. The summed E-state index contributed by atoms with van der Waals surface area (Å²) in [6.45, 7) is 5.65. The smallest absolute Gasteiger partial charge is 0.158 e. The highest BCUT2D eigenvalue weighted by molar-refractivity contribution is 7.19. The summed E-state index contributed by atoms with van der Waals surface area (Å²) in [6.07, 6.45) is 6.92. The number of fused-ring (bicyclic) bond motifs is 2. The first kappa shape index (κ1) is 16.5. The number of aromatic nitrogens is 4. The van der Waals surface area contributed by atoms with Crippen LogP contribution in [0, 0.1) is 19.7 Å². The molecule has 7 heteroatoms. The van der Waals surface area contributed by atoms with Crippen molar-refractivity contribution in [3.63, 3.8) is 0 Å². The van der Waals surface area contributed by atoms with Crippen LogP contribution in [0.5, 0.6) is 0 Å². The highest BCUT2D eigenvalue weighted by atomic mass is 32.1. The van der Waals surface area contributed by atoms with Crippen molar-refractivity contribution in [3.8, 4) is 11.3 Å². The first-order valence-corrected chi connectivity index (χ1v) is 9.74. The van der Waals surface area contributed by atoms with E-state index in [1.807, 2.05) is 36.7 Å². The van der Waals surface area contributed by atoms with E-state index in [2.05, 4.69) is 26.3 Å². The van der Waals surface area contributed by atoms with Gasteiger partial charge in [-0.2, -0.15) is 0 Å². The summed E-state index contributed by atoms with van der Waals surface area (Å²) < 4.78 is 17.6. The molecule has 0 radical (unpaired) electrons. The fraction of sp³-hybridized carbons (Fsp3) is 0.250. The molecule has 4 aromatic rings. The zero-order valence-electron chi connectivity index (χ0n) is 15.1. The molecule has 0 saturated carbocycles. The van der Waals surface area contributed by atoms with Crippen LogP contribution in [-0.2, 0) is 0 Å². The van der Waals surface area contributed by atoms with Gasteiger partial charge in [-0.1, -0.05) is 6.08 Å². The van der Waals surface area contributed by atoms with Gasteiger partial charge in [0, 0.05) is 24.5 Å². The number of nitrogens with zero attached hydrogens (tertiary/aromatic N) is 4. The normalized spacial score (nSPS) is 14.9. The predicted octanol–water partition coefficient (Wildman–Crippen LogP) is 4.14. The predicted molar refractivity (Wildman–Crippen MR) is 106 cm³/mol. The second-order valence-electron chi connectivity index (χ2n) is 6.83. The van der Waals surface area contributed by atoms with Crippen molar-refractivity contribution in [1.82, 2.24) is 24.7 Å². The topological polar surface area (TPSA) is 55.1 Å². The second-order valence-corrected chi connectivity index (χ2v) is 7.86. The van der Waals surface area contributed by atoms with E-state index in [0.29, 0.717) is 5.52 Å². The number of imidazole rings is 1. The van der Waals surface area contributed by atoms with Crippen molar-refractivity contribution in [1.29, 1.82) is 0 Å². The molecular formula is C20H18FN5S. The minimum Gasteiger partial charge on any atom is -0.313 e. The number of hydrogen-bond donors (Lipinski definition) is 1. The zero-order valence-corrected chi connectivity index (χ0v) is 15.9. The molecule has 0 atom stereocenters. The van der Waals surface area contributed by atoms with Gasteiger partial charge >= 0.3 is 0 Å². The summed E-state index contributed by atoms with van der Waals surface area (Å²) in [5.74, 6) is -0.305. The standard InChI is InChI=1S/C20H18FN5S/c1-11-9-26-10-16(24-12(2)19(26)23-11)14-7-15(21)18-17(8-14)27-20(25-18)13-3-5-22-6-4-13/h3,7-10,22H,4-6H2,1-2H3. The number of halogens is 1. The second kappa shape index (κ2) is 6.21. The van der Waals surface area contributed by atoms with Crippen LogP contribution in [0.4, 0.5) is 4.39 Å². The van der Waals surface area contributed by atoms with E-state index in [1.54, 1.807) is 11.3 Å². The lowest BCUT2D eigenvalue weighted by molar-refractivity contribution is 0.637. The van der Waals surface area contributed by atoms with Crippen LogP contribution in [0.2, 0.25) is 0 Å². The Kier molecular flexibility index (Phi) is 3.80. The quantitative estimate of drug-likeness (QED) is 0.569. The lowest BCUT2D eigenvalue weighted by Crippen LogP contribution is -2.19. The molecule has 5 nitrogen and oxygen atoms in total. The summed E-state index contributed by atoms with van der Waals surface area (Å²) in [4.78, 5) is 13.7. The number of hydrogen-bond acceptors (Lipinski definition) is 5. The molecule has 0 amide bonds. The van der Waals surface area contributed by atoms with Gasteiger partial charge in [0.15, 0.2) is 11.5 Å². The lowest BCUT2D eigenvalue weighted by atomic mass is 10.1. The molecule has 0 aliphatic carbocycles. The molecule has 136 valence electrons. The third kappa shape index (κ3) is 2.83. The molecule has 0 bridgehead atoms. The molecule has 1 aliphatic rings. The molecule has 3 aromatic heterocycles. The van der Waals surface area contributed by atoms with E-state index in [0.717, 1.165) is 57.5 Å². The summed E-state index contributed by atoms with van der Waals surface area (Å²) in [5.41, 5.74) is 5.71. The molecule has 0 spiro atoms. The minimum atomic E-state index is -0.305. The van der Waals surface area contributed by atoms with Crippen molar-refractivity contribution in [2.45, 2.75) is 20.3 Å². The van der Waals surface area contributed by atoms with Gasteiger partial charge in [-0.15, -0.1) is 11.3 Å². The van der Waals surface area contributed by atoms with Gasteiger partial charge in [0.1, 0.15) is 10.5 Å². The molecule has 1 aliphatic heterocycles. The van der Waals surface area contributed by atoms with E-state index in [1.165, 1.54) is 11.6 Å². The Morgan fingerprint density at radius 2 is 2.04 bits per heavy atom. The van der Waals surface area contributed by atoms with Gasteiger partial charge in [0.25, 0.3) is 0 Å². The summed E-state index contributed by atoms with van der Waals surface area (Å²) in [5, 5.41) is 4.20. The monoisotopic (exact) mass is 379 g/mol. The van der Waals surface area contributed by atoms with E-state index < -0.39 is 0 Å². The maximum atomic E-state index is 14.8. The minimum absolute atomic E-state index is 0.305. The Labute approximate surface area is 159 Å². The van der Waals surface area contributed by atoms with Crippen molar-refractivity contribution in [2.75, 3.05) is 13.1 Å². The average molecular weight is 379 g/mol. The van der Waals surface area contributed by atoms with Crippen LogP contribution < -0.4 is 5.32 Å². The van der Waals surface area contributed by atoms with Crippen LogP contribution in [-0.4, -0.2) is 32.4 Å². The molecule has 1 N–H and O–H groups in total. The third-order valence-corrected chi connectivity index (χ3v) is 5.89. The fourth-order valence-electron chi connectivity index (χ4n) is 3.50. The Bertz CT molecular complexity index is 1220. The van der Waals surface area contributed by atoms with Crippen molar-refractivity contribution in [3.05, 3.63) is 52.8 Å². The van der Waals surface area contributed by atoms with E-state index in [9.17, 15) is 4.39 Å². The number of nitrogens with one attached hydrogen (secondary N) is 1. The number of benzene rings is 1. The first-order valence-electron chi connectivity index (χ1n) is 8.92. The molecule has 0 unspecified atom stereocenters. The molecule has 1 aromatic carbocycles. The van der Waals surface area contributed by atoms with Crippen LogP contribution in [0.15, 0.2) is 30.6 Å². The van der Waals surface area contributed by atoms with Crippen molar-refractivity contribution < 1.29 is 4.39 Å². The molecule has 5 rings (SSSR count). The Morgan fingerprint density at radius 3 is 2.85 bits per heavy atom. The SMILES string of the molecule is Cc1cn2cc(-c3cc(F)c4nc(C5=CCNCC5)sc4c3)nc(C)c2n1. The number of rotatable bonds is 2. The number of thiazole rings is 1. The van der Waals surface area contributed by atoms with Crippen LogP contribution in [0.1, 0.15) is 22.8 Å². The van der Waals surface area contributed by atoms with Gasteiger partial charge in [-0.25, -0.2) is 19.3 Å². The molecular weight excluding hydrogens is 361 g/mol. The first-order chi connectivity index (χ1) is 13.1. The van der Waals surface area contributed by atoms with E-state index in [-0.39, 0.29) is 5.82 Å². The molecule has 27 heavy (non-hydrogen) atoms. The van der Waals surface area contributed by atoms with Crippen LogP contribution in [0.25, 0.3) is 32.7 Å². The Balaban J connectivity index is 1.64. The largest absolute Gasteiger partial charge is 0.313 e. The third-order valence-electron chi connectivity index (χ3n) is 4.81. The van der Waals surface area contributed by atoms with Crippen LogP contribution in [0.3, 0.4) is 0 Å². The molecule has 0 fully saturated rings. The van der Waals surface area contributed by atoms with Crippen molar-refractivity contribution >= 4 is 32.8 Å². The fourth-order valence-corrected chi connectivity index (χ4v) is 4.59. The van der Waals surface area contributed by atoms with E-state index >= 15 is 0 Å². The summed E-state index contributed by atoms with van der Waals surface area (Å²) in [6, 6.07) is 3.51. The maximum Gasteiger partial charge on any atom is 0.158 e. The summed E-state index contributed by atoms with van der Waals surface area (Å²) >= 11 is 1.54. The Morgan fingerprint density at radius 1 is 1.15 bits per heavy atom. The van der Waals surface area contributed by atoms with Gasteiger partial charge in [0.2, 0.25) is 0 Å². The molecule has 4 heterocycles. The Hall–Kier alpha value is -2.64. The highest BCUT2D eigenvalue weighted by Gasteiger charge is 2.16.